The smallest absolute Gasteiger partial charge is 0.416 e. The molecule has 1 amide bonds. The summed E-state index contributed by atoms with van der Waals surface area (Å²) in [6.07, 6.45) is -4.43. The van der Waals surface area contributed by atoms with Crippen molar-refractivity contribution in [3.63, 3.8) is 0 Å². The number of hydrogen-bond donors (Lipinski definition) is 1. The largest absolute Gasteiger partial charge is 0.497 e. The number of rotatable bonds is 7. The van der Waals surface area contributed by atoms with Gasteiger partial charge >= 0.3 is 6.18 Å². The summed E-state index contributed by atoms with van der Waals surface area (Å²) in [5, 5.41) is 10.5. The van der Waals surface area contributed by atoms with Gasteiger partial charge in [0.25, 0.3) is 11.1 Å². The third-order valence-corrected chi connectivity index (χ3v) is 4.68. The lowest BCUT2D eigenvalue weighted by Crippen LogP contribution is -2.14. The summed E-state index contributed by atoms with van der Waals surface area (Å²) in [4.78, 5) is 12.0. The Morgan fingerprint density at radius 1 is 1.10 bits per heavy atom. The van der Waals surface area contributed by atoms with E-state index < -0.39 is 17.6 Å². The Kier molecular flexibility index (Phi) is 6.50. The lowest BCUT2D eigenvalue weighted by molar-refractivity contribution is -0.137. The fourth-order valence-electron chi connectivity index (χ4n) is 2.43. The van der Waals surface area contributed by atoms with Crippen LogP contribution in [0.4, 0.5) is 18.9 Å². The minimum atomic E-state index is -4.43. The van der Waals surface area contributed by atoms with E-state index in [9.17, 15) is 18.0 Å². The summed E-state index contributed by atoms with van der Waals surface area (Å²) in [6.45, 7) is 0. The predicted octanol–water partition coefficient (Wildman–Crippen LogP) is 4.50. The van der Waals surface area contributed by atoms with Crippen molar-refractivity contribution in [1.29, 1.82) is 0 Å². The van der Waals surface area contributed by atoms with Gasteiger partial charge in [-0.2, -0.15) is 13.2 Å². The van der Waals surface area contributed by atoms with Gasteiger partial charge in [-0.3, -0.25) is 4.79 Å². The average molecular weight is 439 g/mol. The number of amides is 1. The fraction of sp³-hybridized carbons (Fsp3) is 0.211. The van der Waals surface area contributed by atoms with Gasteiger partial charge in [0, 0.05) is 5.69 Å². The van der Waals surface area contributed by atoms with Crippen molar-refractivity contribution in [3.05, 3.63) is 48.0 Å². The van der Waals surface area contributed by atoms with E-state index >= 15 is 0 Å². The number of carbonyl (C=O) groups excluding carboxylic acids is 1. The number of nitrogens with zero attached hydrogens (tertiary/aromatic N) is 2. The Bertz CT molecular complexity index is 1020. The first-order valence-electron chi connectivity index (χ1n) is 8.46. The van der Waals surface area contributed by atoms with E-state index in [1.807, 2.05) is 0 Å². The van der Waals surface area contributed by atoms with E-state index in [0.29, 0.717) is 17.1 Å². The highest BCUT2D eigenvalue weighted by molar-refractivity contribution is 7.99. The van der Waals surface area contributed by atoms with Gasteiger partial charge in [0.05, 0.1) is 31.1 Å². The molecule has 0 aliphatic rings. The number of methoxy groups -OCH3 is 2. The molecule has 11 heteroatoms. The molecule has 0 fully saturated rings. The van der Waals surface area contributed by atoms with Crippen molar-refractivity contribution in [3.8, 4) is 23.0 Å². The van der Waals surface area contributed by atoms with Crippen LogP contribution in [0.3, 0.4) is 0 Å². The van der Waals surface area contributed by atoms with Crippen LogP contribution in [0.25, 0.3) is 11.5 Å². The van der Waals surface area contributed by atoms with E-state index in [-0.39, 0.29) is 22.6 Å². The first-order valence-corrected chi connectivity index (χ1v) is 9.44. The topological polar surface area (TPSA) is 86.5 Å². The molecule has 0 saturated heterocycles. The third-order valence-electron chi connectivity index (χ3n) is 3.87. The van der Waals surface area contributed by atoms with Crippen molar-refractivity contribution in [1.82, 2.24) is 10.2 Å². The van der Waals surface area contributed by atoms with Crippen LogP contribution in [0.15, 0.2) is 52.1 Å². The molecule has 1 N–H and O–H groups in total. The zero-order chi connectivity index (χ0) is 21.7. The molecule has 0 atom stereocenters. The quantitative estimate of drug-likeness (QED) is 0.542. The van der Waals surface area contributed by atoms with Crippen molar-refractivity contribution in [2.45, 2.75) is 11.4 Å². The molecule has 3 aromatic rings. The second kappa shape index (κ2) is 9.08. The monoisotopic (exact) mass is 439 g/mol. The highest BCUT2D eigenvalue weighted by Crippen LogP contribution is 2.34. The first-order chi connectivity index (χ1) is 14.3. The standard InChI is InChI=1S/C19H16F3N3O4S/c1-27-13-7-8-15(28-2)14(9-13)17-24-25-18(29-17)30-10-16(26)23-12-5-3-11(4-6-12)19(20,21)22/h3-9H,10H2,1-2H3,(H,23,26). The zero-order valence-corrected chi connectivity index (χ0v) is 16.6. The van der Waals surface area contributed by atoms with Crippen LogP contribution in [-0.2, 0) is 11.0 Å². The molecule has 1 aromatic heterocycles. The summed E-state index contributed by atoms with van der Waals surface area (Å²) < 4.78 is 53.8. The summed E-state index contributed by atoms with van der Waals surface area (Å²) in [5.41, 5.74) is -0.00688. The summed E-state index contributed by atoms with van der Waals surface area (Å²) >= 11 is 0.990. The minimum Gasteiger partial charge on any atom is -0.497 e. The number of halogens is 3. The summed E-state index contributed by atoms with van der Waals surface area (Å²) in [7, 11) is 3.03. The third kappa shape index (κ3) is 5.23. The number of benzene rings is 2. The minimum absolute atomic E-state index is 0.0715. The summed E-state index contributed by atoms with van der Waals surface area (Å²) in [6, 6.07) is 9.26. The average Bonchev–Trinajstić information content (AvgIpc) is 3.20. The molecule has 0 radical (unpaired) electrons. The van der Waals surface area contributed by atoms with Gasteiger partial charge in [-0.05, 0) is 42.5 Å². The second-order valence-corrected chi connectivity index (χ2v) is 6.78. The maximum atomic E-state index is 12.6. The highest BCUT2D eigenvalue weighted by Gasteiger charge is 2.30. The number of thioether (sulfide) groups is 1. The fourth-order valence-corrected chi connectivity index (χ4v) is 2.99. The lowest BCUT2D eigenvalue weighted by atomic mass is 10.2. The number of ether oxygens (including phenoxy) is 2. The number of carbonyl (C=O) groups is 1. The van der Waals surface area contributed by atoms with E-state index in [4.69, 9.17) is 13.9 Å². The van der Waals surface area contributed by atoms with Crippen molar-refractivity contribution >= 4 is 23.4 Å². The van der Waals surface area contributed by atoms with E-state index in [1.54, 1.807) is 18.2 Å². The molecule has 0 aliphatic heterocycles. The lowest BCUT2D eigenvalue weighted by Gasteiger charge is -2.08. The predicted molar refractivity (Wildman–Crippen MR) is 104 cm³/mol. The van der Waals surface area contributed by atoms with Gasteiger partial charge < -0.3 is 19.2 Å². The first kappa shape index (κ1) is 21.5. The van der Waals surface area contributed by atoms with Crippen LogP contribution in [-0.4, -0.2) is 36.1 Å². The molecule has 1 heterocycles. The van der Waals surface area contributed by atoms with Gasteiger partial charge in [0.1, 0.15) is 11.5 Å². The number of hydrogen-bond acceptors (Lipinski definition) is 7. The Morgan fingerprint density at radius 2 is 1.83 bits per heavy atom. The van der Waals surface area contributed by atoms with Gasteiger partial charge in [-0.25, -0.2) is 0 Å². The Hall–Kier alpha value is -3.21. The number of anilines is 1. The van der Waals surface area contributed by atoms with E-state index in [0.717, 1.165) is 23.9 Å². The normalized spacial score (nSPS) is 11.2. The SMILES string of the molecule is COc1ccc(OC)c(-c2nnc(SCC(=O)Nc3ccc(C(F)(F)F)cc3)o2)c1. The van der Waals surface area contributed by atoms with Gasteiger partial charge in [-0.15, -0.1) is 10.2 Å². The molecular weight excluding hydrogens is 423 g/mol. The zero-order valence-electron chi connectivity index (χ0n) is 15.8. The second-order valence-electron chi connectivity index (χ2n) is 5.85. The van der Waals surface area contributed by atoms with Crippen LogP contribution in [0.1, 0.15) is 5.56 Å². The van der Waals surface area contributed by atoms with Crippen LogP contribution in [0.2, 0.25) is 0 Å². The van der Waals surface area contributed by atoms with Crippen LogP contribution >= 0.6 is 11.8 Å². The van der Waals surface area contributed by atoms with Crippen molar-refractivity contribution in [2.75, 3.05) is 25.3 Å². The molecule has 0 aliphatic carbocycles. The maximum Gasteiger partial charge on any atom is 0.416 e. The molecule has 3 rings (SSSR count). The van der Waals surface area contributed by atoms with Crippen LogP contribution < -0.4 is 14.8 Å². The highest BCUT2D eigenvalue weighted by atomic mass is 32.2. The molecule has 158 valence electrons. The Labute approximate surface area is 173 Å². The molecule has 0 bridgehead atoms. The number of alkyl halides is 3. The van der Waals surface area contributed by atoms with Crippen LogP contribution in [0, 0.1) is 0 Å². The van der Waals surface area contributed by atoms with Crippen molar-refractivity contribution in [2.24, 2.45) is 0 Å². The van der Waals surface area contributed by atoms with Crippen molar-refractivity contribution < 1.29 is 31.9 Å². The van der Waals surface area contributed by atoms with E-state index in [2.05, 4.69) is 15.5 Å². The molecule has 30 heavy (non-hydrogen) atoms. The van der Waals surface area contributed by atoms with E-state index in [1.165, 1.54) is 26.4 Å². The Morgan fingerprint density at radius 3 is 2.47 bits per heavy atom. The molecular formula is C19H16F3N3O4S. The maximum absolute atomic E-state index is 12.6. The summed E-state index contributed by atoms with van der Waals surface area (Å²) in [5.74, 6) is 0.776. The number of nitrogens with one attached hydrogen (secondary N) is 1. The molecule has 0 spiro atoms. The Balaban J connectivity index is 1.61. The molecule has 7 nitrogen and oxygen atoms in total. The van der Waals surface area contributed by atoms with Crippen LogP contribution in [0.5, 0.6) is 11.5 Å². The molecule has 0 unspecified atom stereocenters. The van der Waals surface area contributed by atoms with Gasteiger partial charge in [0.15, 0.2) is 0 Å². The van der Waals surface area contributed by atoms with Gasteiger partial charge in [-0.1, -0.05) is 11.8 Å². The van der Waals surface area contributed by atoms with Gasteiger partial charge in [0.2, 0.25) is 5.91 Å². The molecule has 0 saturated carbocycles. The molecule has 2 aromatic carbocycles. The number of aromatic nitrogens is 2.